The highest BCUT2D eigenvalue weighted by atomic mass is 19.1. The van der Waals surface area contributed by atoms with E-state index in [1.165, 1.54) is 151 Å². The smallest absolute Gasteiger partial charge is 0.123 e. The van der Waals surface area contributed by atoms with Gasteiger partial charge in [0.15, 0.2) is 0 Å². The third kappa shape index (κ3) is 14.1. The predicted octanol–water partition coefficient (Wildman–Crippen LogP) is 17.1. The Bertz CT molecular complexity index is 1680. The molecule has 4 aromatic carbocycles. The summed E-state index contributed by atoms with van der Waals surface area (Å²) in [7, 11) is 0. The SMILES string of the molecule is CCCCCCC[C@H]1CC[C@H](C(=CCOCC=C(c2ccc(-c3ccc(F)cc3)cc2)[C@H]2CC[C@H](CCCCCCC)CC2)c2ccc(-c3ccc(F)cc3)cc2)CC1. The summed E-state index contributed by atoms with van der Waals surface area (Å²) in [5, 5.41) is 0. The maximum absolute atomic E-state index is 13.7. The van der Waals surface area contributed by atoms with Gasteiger partial charge in [-0.15, -0.1) is 0 Å². The van der Waals surface area contributed by atoms with Crippen molar-refractivity contribution in [1.29, 1.82) is 0 Å². The van der Waals surface area contributed by atoms with Crippen LogP contribution in [0.4, 0.5) is 8.78 Å². The van der Waals surface area contributed by atoms with Crippen molar-refractivity contribution < 1.29 is 13.5 Å². The molecule has 2 aliphatic rings. The van der Waals surface area contributed by atoms with E-state index in [0.29, 0.717) is 25.0 Å². The molecule has 2 saturated carbocycles. The van der Waals surface area contributed by atoms with Crippen molar-refractivity contribution in [1.82, 2.24) is 0 Å². The van der Waals surface area contributed by atoms with Gasteiger partial charge in [0.2, 0.25) is 0 Å². The Kier molecular flexibility index (Phi) is 18.5. The minimum absolute atomic E-state index is 0.204. The van der Waals surface area contributed by atoms with E-state index >= 15 is 0 Å². The fourth-order valence-electron chi connectivity index (χ4n) is 10.00. The highest BCUT2D eigenvalue weighted by molar-refractivity contribution is 5.73. The first kappa shape index (κ1) is 44.7. The van der Waals surface area contributed by atoms with Crippen LogP contribution in [-0.2, 0) is 4.74 Å². The molecule has 0 N–H and O–H groups in total. The summed E-state index contributed by atoms with van der Waals surface area (Å²) in [6.45, 7) is 5.76. The van der Waals surface area contributed by atoms with Crippen LogP contribution in [0.3, 0.4) is 0 Å². The molecule has 3 heteroatoms. The number of halogens is 2. The molecule has 0 radical (unpaired) electrons. The highest BCUT2D eigenvalue weighted by Gasteiger charge is 2.26. The van der Waals surface area contributed by atoms with Crippen LogP contribution in [0.2, 0.25) is 0 Å². The topological polar surface area (TPSA) is 9.23 Å². The average Bonchev–Trinajstić information content (AvgIpc) is 3.27. The molecule has 59 heavy (non-hydrogen) atoms. The van der Waals surface area contributed by atoms with Crippen molar-refractivity contribution in [2.45, 2.75) is 142 Å². The second-order valence-corrected chi connectivity index (χ2v) is 17.9. The van der Waals surface area contributed by atoms with Crippen LogP contribution in [0.5, 0.6) is 0 Å². The van der Waals surface area contributed by atoms with E-state index in [9.17, 15) is 8.78 Å². The Morgan fingerprint density at radius 2 is 0.763 bits per heavy atom. The average molecular weight is 799 g/mol. The molecular weight excluding hydrogens is 727 g/mol. The fraction of sp³-hybridized carbons (Fsp3) is 0.500. The van der Waals surface area contributed by atoms with E-state index in [4.69, 9.17) is 4.74 Å². The summed E-state index contributed by atoms with van der Waals surface area (Å²) in [4.78, 5) is 0. The second-order valence-electron chi connectivity index (χ2n) is 17.9. The van der Waals surface area contributed by atoms with Crippen LogP contribution < -0.4 is 0 Å². The lowest BCUT2D eigenvalue weighted by Crippen LogP contribution is -2.17. The van der Waals surface area contributed by atoms with Crippen molar-refractivity contribution in [3.8, 4) is 22.3 Å². The fourth-order valence-corrected chi connectivity index (χ4v) is 10.00. The quantitative estimate of drug-likeness (QED) is 0.0720. The van der Waals surface area contributed by atoms with Gasteiger partial charge in [-0.1, -0.05) is 176 Å². The molecular formula is C56H72F2O. The van der Waals surface area contributed by atoms with Crippen LogP contribution in [-0.4, -0.2) is 13.2 Å². The third-order valence-electron chi connectivity index (χ3n) is 13.6. The lowest BCUT2D eigenvalue weighted by Gasteiger charge is -2.31. The zero-order valence-corrected chi connectivity index (χ0v) is 36.4. The van der Waals surface area contributed by atoms with Gasteiger partial charge in [-0.3, -0.25) is 0 Å². The van der Waals surface area contributed by atoms with Crippen LogP contribution in [0.1, 0.15) is 153 Å². The van der Waals surface area contributed by atoms with Crippen molar-refractivity contribution in [2.24, 2.45) is 23.7 Å². The molecule has 2 fully saturated rings. The number of hydrogen-bond donors (Lipinski definition) is 0. The molecule has 0 saturated heterocycles. The van der Waals surface area contributed by atoms with Crippen molar-refractivity contribution in [3.63, 3.8) is 0 Å². The molecule has 0 atom stereocenters. The number of rotatable bonds is 22. The van der Waals surface area contributed by atoms with E-state index < -0.39 is 0 Å². The van der Waals surface area contributed by atoms with Crippen molar-refractivity contribution in [3.05, 3.63) is 132 Å². The number of hydrogen-bond acceptors (Lipinski definition) is 1. The van der Waals surface area contributed by atoms with Gasteiger partial charge in [0.1, 0.15) is 11.6 Å². The molecule has 0 aromatic heterocycles. The first-order valence-electron chi connectivity index (χ1n) is 23.7. The van der Waals surface area contributed by atoms with Gasteiger partial charge in [0.25, 0.3) is 0 Å². The molecule has 0 aliphatic heterocycles. The number of ether oxygens (including phenoxy) is 1. The summed E-state index contributed by atoms with van der Waals surface area (Å²) in [6.07, 6.45) is 31.4. The normalized spacial score (nSPS) is 20.2. The first-order valence-corrected chi connectivity index (χ1v) is 23.7. The third-order valence-corrected chi connectivity index (χ3v) is 13.6. The Hall–Kier alpha value is -3.82. The summed E-state index contributed by atoms with van der Waals surface area (Å²) in [6, 6.07) is 31.4. The minimum Gasteiger partial charge on any atom is -0.373 e. The summed E-state index contributed by atoms with van der Waals surface area (Å²) in [5.41, 5.74) is 9.70. The largest absolute Gasteiger partial charge is 0.373 e. The van der Waals surface area contributed by atoms with Gasteiger partial charge in [-0.25, -0.2) is 8.78 Å². The van der Waals surface area contributed by atoms with Crippen LogP contribution in [0, 0.1) is 35.3 Å². The van der Waals surface area contributed by atoms with Crippen molar-refractivity contribution >= 4 is 11.1 Å². The lowest BCUT2D eigenvalue weighted by molar-refractivity contribution is 0.193. The van der Waals surface area contributed by atoms with E-state index in [-0.39, 0.29) is 11.6 Å². The van der Waals surface area contributed by atoms with Gasteiger partial charge in [-0.2, -0.15) is 0 Å². The Morgan fingerprint density at radius 1 is 0.441 bits per heavy atom. The van der Waals surface area contributed by atoms with E-state index in [0.717, 1.165) is 34.1 Å². The molecule has 1 nitrogen and oxygen atoms in total. The monoisotopic (exact) mass is 799 g/mol. The van der Waals surface area contributed by atoms with E-state index in [1.807, 2.05) is 24.3 Å². The molecule has 4 aromatic rings. The maximum atomic E-state index is 13.7. The van der Waals surface area contributed by atoms with Gasteiger partial charge in [-0.05, 0) is 144 Å². The number of allylic oxidation sites excluding steroid dienone is 2. The predicted molar refractivity (Wildman–Crippen MR) is 248 cm³/mol. The van der Waals surface area contributed by atoms with Crippen LogP contribution >= 0.6 is 0 Å². The molecule has 0 heterocycles. The Balaban J connectivity index is 1.14. The molecule has 0 bridgehead atoms. The van der Waals surface area contributed by atoms with Gasteiger partial charge >= 0.3 is 0 Å². The number of unbranched alkanes of at least 4 members (excludes halogenated alkanes) is 8. The molecule has 2 aliphatic carbocycles. The van der Waals surface area contributed by atoms with E-state index in [2.05, 4.69) is 74.5 Å². The lowest BCUT2D eigenvalue weighted by atomic mass is 9.75. The molecule has 0 amide bonds. The minimum atomic E-state index is -0.204. The van der Waals surface area contributed by atoms with Crippen LogP contribution in [0.25, 0.3) is 33.4 Å². The molecule has 316 valence electrons. The summed E-state index contributed by atoms with van der Waals surface area (Å²) < 4.78 is 33.8. The van der Waals surface area contributed by atoms with Crippen molar-refractivity contribution in [2.75, 3.05) is 13.2 Å². The Labute approximate surface area is 356 Å². The summed E-state index contributed by atoms with van der Waals surface area (Å²) >= 11 is 0. The van der Waals surface area contributed by atoms with E-state index in [1.54, 1.807) is 24.3 Å². The zero-order valence-electron chi connectivity index (χ0n) is 36.4. The second kappa shape index (κ2) is 24.4. The Morgan fingerprint density at radius 3 is 1.10 bits per heavy atom. The van der Waals surface area contributed by atoms with Crippen LogP contribution in [0.15, 0.2) is 109 Å². The summed E-state index contributed by atoms with van der Waals surface area (Å²) in [5.74, 6) is 2.40. The standard InChI is InChI=1S/C56H72F2O/c1-3-5-7-9-11-13-43-15-19-49(20-16-43)55(51-27-23-45(24-28-51)47-31-35-53(57)36-32-47)39-41-59-42-40-56(50-21-17-44(18-22-50)14-12-10-8-6-4-2)52-29-25-46(26-30-52)48-33-37-54(58)38-34-48/h23-40,43-44,49-50H,3-22,41-42H2,1-2H3/t43-,44-,49-,50-. The highest BCUT2D eigenvalue weighted by Crippen LogP contribution is 2.41. The zero-order chi connectivity index (χ0) is 41.1. The molecule has 0 unspecified atom stereocenters. The molecule has 6 rings (SSSR count). The maximum Gasteiger partial charge on any atom is 0.123 e. The van der Waals surface area contributed by atoms with Gasteiger partial charge < -0.3 is 4.74 Å². The van der Waals surface area contributed by atoms with Gasteiger partial charge in [0.05, 0.1) is 13.2 Å². The first-order chi connectivity index (χ1) is 29.0. The van der Waals surface area contributed by atoms with Gasteiger partial charge in [0, 0.05) is 0 Å². The number of benzene rings is 4. The molecule has 0 spiro atoms.